The lowest BCUT2D eigenvalue weighted by atomic mass is 9.95. The van der Waals surface area contributed by atoms with Crippen LogP contribution in [-0.2, 0) is 19.4 Å². The Morgan fingerprint density at radius 1 is 1.10 bits per heavy atom. The van der Waals surface area contributed by atoms with Crippen LogP contribution in [0.5, 0.6) is 0 Å². The number of piperidine rings is 1. The maximum Gasteiger partial charge on any atom is 0.165 e. The molecule has 0 amide bonds. The van der Waals surface area contributed by atoms with Crippen molar-refractivity contribution < 1.29 is 0 Å². The van der Waals surface area contributed by atoms with Crippen molar-refractivity contribution in [1.82, 2.24) is 19.7 Å². The van der Waals surface area contributed by atoms with Gasteiger partial charge in [0, 0.05) is 39.3 Å². The van der Waals surface area contributed by atoms with Crippen LogP contribution in [0.4, 0.5) is 0 Å². The highest BCUT2D eigenvalue weighted by Gasteiger charge is 2.28. The second-order valence-electron chi connectivity index (χ2n) is 8.32. The van der Waals surface area contributed by atoms with Gasteiger partial charge in [0.1, 0.15) is 5.82 Å². The highest BCUT2D eigenvalue weighted by molar-refractivity contribution is 7.12. The minimum atomic E-state index is 0.532. The normalized spacial score (nSPS) is 17.7. The number of benzene rings is 1. The summed E-state index contributed by atoms with van der Waals surface area (Å²) in [6.07, 6.45) is 5.79. The molecular weight excluding hydrogens is 400 g/mol. The standard InChI is InChI=1S/C23H27ClN4S/c1-16-15-20-21(29-16)3-2-11-28-22(25-26-23(20)28)18-9-13-27(14-10-18)12-8-17-4-6-19(24)7-5-17/h4-7,15,18H,2-3,8-14H2,1H3. The number of fused-ring (bicyclic) bond motifs is 3. The monoisotopic (exact) mass is 426 g/mol. The number of thiophene rings is 1. The van der Waals surface area contributed by atoms with Gasteiger partial charge in [-0.15, -0.1) is 21.5 Å². The molecule has 0 N–H and O–H groups in total. The van der Waals surface area contributed by atoms with Crippen molar-refractivity contribution in [1.29, 1.82) is 0 Å². The molecule has 1 aromatic carbocycles. The fraction of sp³-hybridized carbons (Fsp3) is 0.478. The molecule has 0 aliphatic carbocycles. The maximum absolute atomic E-state index is 5.99. The van der Waals surface area contributed by atoms with E-state index >= 15 is 0 Å². The minimum Gasteiger partial charge on any atom is -0.311 e. The van der Waals surface area contributed by atoms with Gasteiger partial charge in [0.15, 0.2) is 5.82 Å². The fourth-order valence-corrected chi connectivity index (χ4v) is 5.92. The van der Waals surface area contributed by atoms with Crippen LogP contribution in [0, 0.1) is 6.92 Å². The summed E-state index contributed by atoms with van der Waals surface area (Å²) in [7, 11) is 0. The molecule has 1 saturated heterocycles. The van der Waals surface area contributed by atoms with E-state index in [0.29, 0.717) is 5.92 Å². The topological polar surface area (TPSA) is 34.0 Å². The quantitative estimate of drug-likeness (QED) is 0.564. The highest BCUT2D eigenvalue weighted by atomic mass is 35.5. The Morgan fingerprint density at radius 2 is 1.90 bits per heavy atom. The summed E-state index contributed by atoms with van der Waals surface area (Å²) < 4.78 is 2.42. The summed E-state index contributed by atoms with van der Waals surface area (Å²) in [4.78, 5) is 5.45. The highest BCUT2D eigenvalue weighted by Crippen LogP contribution is 2.36. The Balaban J connectivity index is 1.24. The van der Waals surface area contributed by atoms with Crippen molar-refractivity contribution in [2.75, 3.05) is 19.6 Å². The number of aromatic nitrogens is 3. The van der Waals surface area contributed by atoms with Crippen molar-refractivity contribution in [3.8, 4) is 11.4 Å². The summed E-state index contributed by atoms with van der Waals surface area (Å²) in [5.74, 6) is 2.85. The average molecular weight is 427 g/mol. The largest absolute Gasteiger partial charge is 0.311 e. The second kappa shape index (κ2) is 8.21. The van der Waals surface area contributed by atoms with Crippen LogP contribution >= 0.6 is 22.9 Å². The van der Waals surface area contributed by atoms with E-state index < -0.39 is 0 Å². The van der Waals surface area contributed by atoms with Gasteiger partial charge in [0.2, 0.25) is 0 Å². The zero-order valence-corrected chi connectivity index (χ0v) is 18.5. The van der Waals surface area contributed by atoms with Gasteiger partial charge < -0.3 is 9.47 Å². The molecule has 152 valence electrons. The third-order valence-corrected chi connectivity index (χ3v) is 7.68. The van der Waals surface area contributed by atoms with Crippen molar-refractivity contribution in [2.24, 2.45) is 0 Å². The fourth-order valence-electron chi connectivity index (χ4n) is 4.73. The van der Waals surface area contributed by atoms with Crippen molar-refractivity contribution in [3.63, 3.8) is 0 Å². The van der Waals surface area contributed by atoms with Crippen molar-refractivity contribution in [3.05, 3.63) is 56.5 Å². The van der Waals surface area contributed by atoms with Crippen molar-refractivity contribution in [2.45, 2.75) is 51.5 Å². The molecule has 29 heavy (non-hydrogen) atoms. The summed E-state index contributed by atoms with van der Waals surface area (Å²) in [6.45, 7) is 6.64. The summed E-state index contributed by atoms with van der Waals surface area (Å²) in [6, 6.07) is 10.6. The van der Waals surface area contributed by atoms with Crippen LogP contribution in [0.3, 0.4) is 0 Å². The summed E-state index contributed by atoms with van der Waals surface area (Å²) in [5, 5.41) is 10.1. The number of nitrogens with zero attached hydrogens (tertiary/aromatic N) is 4. The molecule has 0 unspecified atom stereocenters. The number of hydrogen-bond donors (Lipinski definition) is 0. The molecular formula is C23H27ClN4S. The third-order valence-electron chi connectivity index (χ3n) is 6.32. The van der Waals surface area contributed by atoms with E-state index in [2.05, 4.69) is 44.8 Å². The number of rotatable bonds is 4. The van der Waals surface area contributed by atoms with E-state index in [1.54, 1.807) is 0 Å². The average Bonchev–Trinajstić information content (AvgIpc) is 3.27. The van der Waals surface area contributed by atoms with Crippen LogP contribution in [0.2, 0.25) is 5.02 Å². The van der Waals surface area contributed by atoms with Gasteiger partial charge in [0.25, 0.3) is 0 Å². The lowest BCUT2D eigenvalue weighted by molar-refractivity contribution is 0.209. The SMILES string of the molecule is Cc1cc2c(s1)CCCn1c-2nnc1C1CCN(CCc2ccc(Cl)cc2)CC1. The predicted molar refractivity (Wildman–Crippen MR) is 120 cm³/mol. The smallest absolute Gasteiger partial charge is 0.165 e. The van der Waals surface area contributed by atoms with Gasteiger partial charge in [-0.05, 0) is 75.9 Å². The number of likely N-dealkylation sites (tertiary alicyclic amines) is 1. The lowest BCUT2D eigenvalue weighted by Gasteiger charge is -2.31. The molecule has 3 aromatic rings. The molecule has 0 radical (unpaired) electrons. The molecule has 0 bridgehead atoms. The van der Waals surface area contributed by atoms with E-state index in [-0.39, 0.29) is 0 Å². The van der Waals surface area contributed by atoms with E-state index in [9.17, 15) is 0 Å². The number of aryl methyl sites for hydroxylation is 2. The van der Waals surface area contributed by atoms with Gasteiger partial charge in [-0.1, -0.05) is 23.7 Å². The first-order valence-electron chi connectivity index (χ1n) is 10.7. The van der Waals surface area contributed by atoms with Crippen LogP contribution in [-0.4, -0.2) is 39.3 Å². The number of hydrogen-bond acceptors (Lipinski definition) is 4. The van der Waals surface area contributed by atoms with Gasteiger partial charge in [0.05, 0.1) is 0 Å². The van der Waals surface area contributed by atoms with Gasteiger partial charge in [-0.3, -0.25) is 0 Å². The third kappa shape index (κ3) is 4.00. The van der Waals surface area contributed by atoms with E-state index in [1.165, 1.54) is 52.4 Å². The van der Waals surface area contributed by atoms with Gasteiger partial charge in [-0.25, -0.2) is 0 Å². The molecule has 0 spiro atoms. The van der Waals surface area contributed by atoms with Crippen LogP contribution in [0.25, 0.3) is 11.4 Å². The minimum absolute atomic E-state index is 0.532. The molecule has 4 heterocycles. The van der Waals surface area contributed by atoms with E-state index in [0.717, 1.165) is 43.4 Å². The Bertz CT molecular complexity index is 983. The zero-order valence-electron chi connectivity index (χ0n) is 16.9. The van der Waals surface area contributed by atoms with Crippen LogP contribution in [0.15, 0.2) is 30.3 Å². The molecule has 5 rings (SSSR count). The van der Waals surface area contributed by atoms with Gasteiger partial charge >= 0.3 is 0 Å². The van der Waals surface area contributed by atoms with E-state index in [4.69, 9.17) is 11.6 Å². The molecule has 2 aliphatic rings. The van der Waals surface area contributed by atoms with Gasteiger partial charge in [-0.2, -0.15) is 0 Å². The Hall–Kier alpha value is -1.69. The molecule has 2 aliphatic heterocycles. The second-order valence-corrected chi connectivity index (χ2v) is 10.1. The zero-order chi connectivity index (χ0) is 19.8. The molecule has 4 nitrogen and oxygen atoms in total. The Kier molecular flexibility index (Phi) is 5.46. The first-order chi connectivity index (χ1) is 14.2. The molecule has 6 heteroatoms. The first kappa shape index (κ1) is 19.3. The summed E-state index contributed by atoms with van der Waals surface area (Å²) >= 11 is 7.91. The number of halogens is 1. The van der Waals surface area contributed by atoms with Crippen LogP contribution in [0.1, 0.15) is 46.3 Å². The molecule has 2 aromatic heterocycles. The molecule has 1 fully saturated rings. The molecule has 0 atom stereocenters. The Morgan fingerprint density at radius 3 is 2.69 bits per heavy atom. The summed E-state index contributed by atoms with van der Waals surface area (Å²) in [5.41, 5.74) is 2.69. The first-order valence-corrected chi connectivity index (χ1v) is 11.9. The lowest BCUT2D eigenvalue weighted by Crippen LogP contribution is -2.35. The predicted octanol–water partition coefficient (Wildman–Crippen LogP) is 5.34. The molecule has 0 saturated carbocycles. The Labute approximate surface area is 181 Å². The van der Waals surface area contributed by atoms with Crippen LogP contribution < -0.4 is 0 Å². The maximum atomic E-state index is 5.99. The van der Waals surface area contributed by atoms with Crippen molar-refractivity contribution >= 4 is 22.9 Å². The van der Waals surface area contributed by atoms with E-state index in [1.807, 2.05) is 23.5 Å².